The molecule has 0 radical (unpaired) electrons. The Bertz CT molecular complexity index is 291. The molecule has 0 heterocycles. The Kier molecular flexibility index (Phi) is 5.77. The monoisotopic (exact) mass is 324 g/mol. The molecule has 0 amide bonds. The first kappa shape index (κ1) is 12.2. The van der Waals surface area contributed by atoms with Gasteiger partial charge in [-0.3, -0.25) is 0 Å². The number of rotatable bonds is 5. The van der Waals surface area contributed by atoms with E-state index in [0.29, 0.717) is 0 Å². The smallest absolute Gasteiger partial charge is 0.0542 e. The quantitative estimate of drug-likeness (QED) is 0.645. The highest BCUT2D eigenvalue weighted by atomic mass is 127. The summed E-state index contributed by atoms with van der Waals surface area (Å²) in [5.74, 6) is 0. The molecule has 0 saturated heterocycles. The second-order valence-electron chi connectivity index (χ2n) is 3.07. The summed E-state index contributed by atoms with van der Waals surface area (Å²) >= 11 is 8.22. The summed E-state index contributed by atoms with van der Waals surface area (Å²) in [6, 6.07) is 6.12. The highest BCUT2D eigenvalue weighted by Gasteiger charge is 1.98. The maximum absolute atomic E-state index is 6.00. The van der Waals surface area contributed by atoms with E-state index in [1.807, 2.05) is 12.1 Å². The Balaban J connectivity index is 2.39. The molecule has 1 aromatic carbocycles. The van der Waals surface area contributed by atoms with Crippen LogP contribution >= 0.6 is 34.2 Å². The SMILES string of the molecule is NCCCNCc1ccc(I)c(Cl)c1. The van der Waals surface area contributed by atoms with E-state index >= 15 is 0 Å². The summed E-state index contributed by atoms with van der Waals surface area (Å²) in [4.78, 5) is 0. The van der Waals surface area contributed by atoms with Crippen LogP contribution in [-0.2, 0) is 6.54 Å². The predicted molar refractivity (Wildman–Crippen MR) is 69.5 cm³/mol. The Morgan fingerprint density at radius 1 is 1.43 bits per heavy atom. The first-order valence-electron chi connectivity index (χ1n) is 4.58. The minimum atomic E-state index is 0.737. The zero-order chi connectivity index (χ0) is 10.4. The molecule has 0 bridgehead atoms. The van der Waals surface area contributed by atoms with Gasteiger partial charge in [-0.2, -0.15) is 0 Å². The average molecular weight is 325 g/mol. The topological polar surface area (TPSA) is 38.0 Å². The zero-order valence-electron chi connectivity index (χ0n) is 7.89. The van der Waals surface area contributed by atoms with E-state index in [1.165, 1.54) is 5.56 Å². The Morgan fingerprint density at radius 3 is 2.86 bits per heavy atom. The molecule has 2 nitrogen and oxygen atoms in total. The summed E-state index contributed by atoms with van der Waals surface area (Å²) in [6.45, 7) is 2.55. The molecule has 78 valence electrons. The molecule has 4 heteroatoms. The predicted octanol–water partition coefficient (Wildman–Crippen LogP) is 2.38. The standard InChI is InChI=1S/C10H14ClIN2/c11-9-6-8(2-3-10(9)12)7-14-5-1-4-13/h2-3,6,14H,1,4-5,7,13H2. The minimum Gasteiger partial charge on any atom is -0.330 e. The maximum Gasteiger partial charge on any atom is 0.0542 e. The van der Waals surface area contributed by atoms with Gasteiger partial charge in [0.1, 0.15) is 0 Å². The van der Waals surface area contributed by atoms with Crippen molar-refractivity contribution in [1.82, 2.24) is 5.32 Å². The number of nitrogens with two attached hydrogens (primary N) is 1. The van der Waals surface area contributed by atoms with Crippen LogP contribution in [0.4, 0.5) is 0 Å². The third-order valence-electron chi connectivity index (χ3n) is 1.87. The highest BCUT2D eigenvalue weighted by molar-refractivity contribution is 14.1. The van der Waals surface area contributed by atoms with Crippen molar-refractivity contribution in [2.45, 2.75) is 13.0 Å². The summed E-state index contributed by atoms with van der Waals surface area (Å²) in [7, 11) is 0. The van der Waals surface area contributed by atoms with E-state index in [0.717, 1.165) is 34.6 Å². The molecule has 1 rings (SSSR count). The van der Waals surface area contributed by atoms with Crippen LogP contribution in [-0.4, -0.2) is 13.1 Å². The fourth-order valence-corrected chi connectivity index (χ4v) is 1.65. The van der Waals surface area contributed by atoms with Gasteiger partial charge in [-0.1, -0.05) is 17.7 Å². The van der Waals surface area contributed by atoms with Crippen molar-refractivity contribution in [2.24, 2.45) is 5.73 Å². The van der Waals surface area contributed by atoms with Crippen molar-refractivity contribution < 1.29 is 0 Å². The van der Waals surface area contributed by atoms with Crippen molar-refractivity contribution in [1.29, 1.82) is 0 Å². The van der Waals surface area contributed by atoms with Crippen LogP contribution in [0, 0.1) is 3.57 Å². The van der Waals surface area contributed by atoms with Gasteiger partial charge in [0.2, 0.25) is 0 Å². The van der Waals surface area contributed by atoms with Gasteiger partial charge >= 0.3 is 0 Å². The fourth-order valence-electron chi connectivity index (χ4n) is 1.11. The molecule has 0 saturated carbocycles. The minimum absolute atomic E-state index is 0.737. The highest BCUT2D eigenvalue weighted by Crippen LogP contribution is 2.19. The van der Waals surface area contributed by atoms with Crippen LogP contribution in [0.5, 0.6) is 0 Å². The molecule has 0 aliphatic heterocycles. The molecule has 1 aromatic rings. The second-order valence-corrected chi connectivity index (χ2v) is 4.64. The Labute approximate surface area is 103 Å². The molecular formula is C10H14ClIN2. The van der Waals surface area contributed by atoms with Gasteiger partial charge in [0.05, 0.1) is 5.02 Å². The van der Waals surface area contributed by atoms with Gasteiger partial charge in [-0.15, -0.1) is 0 Å². The zero-order valence-corrected chi connectivity index (χ0v) is 10.8. The third kappa shape index (κ3) is 4.13. The average Bonchev–Trinajstić information content (AvgIpc) is 2.18. The maximum atomic E-state index is 6.00. The van der Waals surface area contributed by atoms with Crippen molar-refractivity contribution in [2.75, 3.05) is 13.1 Å². The number of benzene rings is 1. The van der Waals surface area contributed by atoms with Gasteiger partial charge in [0.25, 0.3) is 0 Å². The van der Waals surface area contributed by atoms with Crippen molar-refractivity contribution in [3.8, 4) is 0 Å². The number of halogens is 2. The molecule has 0 aliphatic carbocycles. The summed E-state index contributed by atoms with van der Waals surface area (Å²) in [5.41, 5.74) is 6.61. The van der Waals surface area contributed by atoms with Crippen LogP contribution < -0.4 is 11.1 Å². The Hall–Kier alpha value is 0.160. The van der Waals surface area contributed by atoms with Crippen LogP contribution in [0.25, 0.3) is 0 Å². The van der Waals surface area contributed by atoms with Crippen LogP contribution in [0.2, 0.25) is 5.02 Å². The van der Waals surface area contributed by atoms with Crippen LogP contribution in [0.15, 0.2) is 18.2 Å². The van der Waals surface area contributed by atoms with Gasteiger partial charge in [-0.25, -0.2) is 0 Å². The summed E-state index contributed by atoms with van der Waals surface area (Å²) in [6.07, 6.45) is 1.01. The first-order valence-corrected chi connectivity index (χ1v) is 6.04. The molecule has 3 N–H and O–H groups in total. The van der Waals surface area contributed by atoms with E-state index in [4.69, 9.17) is 17.3 Å². The first-order chi connectivity index (χ1) is 6.74. The molecule has 0 unspecified atom stereocenters. The van der Waals surface area contributed by atoms with Crippen LogP contribution in [0.3, 0.4) is 0 Å². The molecule has 0 atom stereocenters. The van der Waals surface area contributed by atoms with Crippen molar-refractivity contribution in [3.05, 3.63) is 32.4 Å². The van der Waals surface area contributed by atoms with Gasteiger partial charge in [-0.05, 0) is 59.8 Å². The summed E-state index contributed by atoms with van der Waals surface area (Å²) in [5, 5.41) is 4.13. The molecule has 0 fully saturated rings. The molecule has 0 spiro atoms. The van der Waals surface area contributed by atoms with Gasteiger partial charge in [0, 0.05) is 10.1 Å². The fraction of sp³-hybridized carbons (Fsp3) is 0.400. The number of nitrogens with one attached hydrogen (secondary N) is 1. The van der Waals surface area contributed by atoms with E-state index < -0.39 is 0 Å². The van der Waals surface area contributed by atoms with Gasteiger partial charge < -0.3 is 11.1 Å². The van der Waals surface area contributed by atoms with Crippen LogP contribution in [0.1, 0.15) is 12.0 Å². The van der Waals surface area contributed by atoms with E-state index in [2.05, 4.69) is 34.0 Å². The van der Waals surface area contributed by atoms with E-state index in [1.54, 1.807) is 0 Å². The number of hydrogen-bond donors (Lipinski definition) is 2. The number of hydrogen-bond acceptors (Lipinski definition) is 2. The van der Waals surface area contributed by atoms with E-state index in [-0.39, 0.29) is 0 Å². The lowest BCUT2D eigenvalue weighted by atomic mass is 10.2. The Morgan fingerprint density at radius 2 is 2.21 bits per heavy atom. The molecule has 14 heavy (non-hydrogen) atoms. The van der Waals surface area contributed by atoms with Gasteiger partial charge in [0.15, 0.2) is 0 Å². The lowest BCUT2D eigenvalue weighted by Crippen LogP contribution is -2.17. The molecular weight excluding hydrogens is 310 g/mol. The second kappa shape index (κ2) is 6.61. The largest absolute Gasteiger partial charge is 0.330 e. The summed E-state index contributed by atoms with van der Waals surface area (Å²) < 4.78 is 1.09. The van der Waals surface area contributed by atoms with Crippen molar-refractivity contribution >= 4 is 34.2 Å². The lowest BCUT2D eigenvalue weighted by molar-refractivity contribution is 0.655. The normalized spacial score (nSPS) is 10.5. The lowest BCUT2D eigenvalue weighted by Gasteiger charge is -2.05. The van der Waals surface area contributed by atoms with E-state index in [9.17, 15) is 0 Å². The van der Waals surface area contributed by atoms with Crippen molar-refractivity contribution in [3.63, 3.8) is 0 Å². The molecule has 0 aliphatic rings. The molecule has 0 aromatic heterocycles. The third-order valence-corrected chi connectivity index (χ3v) is 3.44.